The van der Waals surface area contributed by atoms with Gasteiger partial charge < -0.3 is 21.5 Å². The molecule has 250 valence electrons. The van der Waals surface area contributed by atoms with E-state index in [2.05, 4.69) is 46.9 Å². The molecule has 2 aromatic rings. The first-order chi connectivity index (χ1) is 20.0. The number of rotatable bonds is 12. The van der Waals surface area contributed by atoms with Crippen molar-refractivity contribution in [2.75, 3.05) is 5.32 Å². The molecule has 0 saturated carbocycles. The number of hydrogen-bond donors (Lipinski definition) is 3. The van der Waals surface area contributed by atoms with E-state index < -0.39 is 6.04 Å². The number of hydrogen-bond acceptors (Lipinski definition) is 5. The molecule has 0 spiro atoms. The van der Waals surface area contributed by atoms with Crippen LogP contribution in [0.2, 0.25) is 0 Å². The Kier molecular flexibility index (Phi) is 15.1. The Bertz CT molecular complexity index is 1180. The van der Waals surface area contributed by atoms with E-state index in [0.717, 1.165) is 60.7 Å². The highest BCUT2D eigenvalue weighted by atomic mass is 16.5. The predicted octanol–water partition coefficient (Wildman–Crippen LogP) is 9.42. The molecule has 2 atom stereocenters. The van der Waals surface area contributed by atoms with Crippen molar-refractivity contribution in [2.45, 2.75) is 152 Å². The summed E-state index contributed by atoms with van der Waals surface area (Å²) >= 11 is 0. The Morgan fingerprint density at radius 3 is 1.73 bits per heavy atom. The molecule has 2 unspecified atom stereocenters. The van der Waals surface area contributed by atoms with E-state index in [-0.39, 0.29) is 28.7 Å². The number of fused-ring (bicyclic) bond motifs is 1. The third kappa shape index (κ3) is 16.6. The Morgan fingerprint density at radius 1 is 0.727 bits per heavy atom. The van der Waals surface area contributed by atoms with Crippen molar-refractivity contribution in [3.8, 4) is 5.75 Å². The maximum Gasteiger partial charge on any atom is 0.241 e. The van der Waals surface area contributed by atoms with Crippen LogP contribution < -0.4 is 21.5 Å². The predicted molar refractivity (Wildman–Crippen MR) is 189 cm³/mol. The minimum absolute atomic E-state index is 0.134. The summed E-state index contributed by atoms with van der Waals surface area (Å²) in [6.45, 7) is 25.3. The number of anilines is 1. The van der Waals surface area contributed by atoms with Crippen molar-refractivity contribution in [1.82, 2.24) is 0 Å². The van der Waals surface area contributed by atoms with Gasteiger partial charge in [0, 0.05) is 16.5 Å². The molecule has 0 aliphatic rings. The van der Waals surface area contributed by atoms with Gasteiger partial charge in [-0.3, -0.25) is 9.59 Å². The van der Waals surface area contributed by atoms with Crippen LogP contribution in [0.4, 0.5) is 5.69 Å². The molecule has 1 amide bonds. The van der Waals surface area contributed by atoms with Gasteiger partial charge in [-0.05, 0) is 80.9 Å². The van der Waals surface area contributed by atoms with Crippen molar-refractivity contribution in [2.24, 2.45) is 27.7 Å². The first-order valence-corrected chi connectivity index (χ1v) is 16.6. The SMILES string of the molecule is CC(C)(C)CCCCC(N)C(=O)C(C)(C)C.CC(C)(C)CCCCC(N)C(=O)Nc1cccc2ccc(OC(C)(C)C)cc12. The van der Waals surface area contributed by atoms with Gasteiger partial charge in [0.15, 0.2) is 5.78 Å². The topological polar surface area (TPSA) is 107 Å². The van der Waals surface area contributed by atoms with E-state index in [1.807, 2.05) is 77.9 Å². The van der Waals surface area contributed by atoms with E-state index >= 15 is 0 Å². The highest BCUT2D eigenvalue weighted by Gasteiger charge is 2.26. The Morgan fingerprint density at radius 2 is 1.25 bits per heavy atom. The average Bonchev–Trinajstić information content (AvgIpc) is 2.86. The number of ketones is 1. The van der Waals surface area contributed by atoms with Crippen LogP contribution >= 0.6 is 0 Å². The summed E-state index contributed by atoms with van der Waals surface area (Å²) in [6, 6.07) is 11.1. The van der Waals surface area contributed by atoms with Gasteiger partial charge in [-0.2, -0.15) is 0 Å². The van der Waals surface area contributed by atoms with Crippen LogP contribution in [0.15, 0.2) is 36.4 Å². The van der Waals surface area contributed by atoms with Gasteiger partial charge >= 0.3 is 0 Å². The zero-order chi connectivity index (χ0) is 33.9. The van der Waals surface area contributed by atoms with Gasteiger partial charge in [0.05, 0.1) is 12.1 Å². The number of nitrogens with two attached hydrogens (primary N) is 2. The van der Waals surface area contributed by atoms with Crippen molar-refractivity contribution >= 4 is 28.2 Å². The smallest absolute Gasteiger partial charge is 0.241 e. The molecule has 0 aliphatic heterocycles. The zero-order valence-electron chi connectivity index (χ0n) is 30.2. The van der Waals surface area contributed by atoms with Gasteiger partial charge in [-0.15, -0.1) is 0 Å². The largest absolute Gasteiger partial charge is 0.488 e. The summed E-state index contributed by atoms with van der Waals surface area (Å²) in [4.78, 5) is 24.4. The first-order valence-electron chi connectivity index (χ1n) is 16.6. The lowest BCUT2D eigenvalue weighted by Crippen LogP contribution is -2.38. The average molecular weight is 612 g/mol. The number of benzene rings is 2. The van der Waals surface area contributed by atoms with Crippen molar-refractivity contribution in [1.29, 1.82) is 0 Å². The van der Waals surface area contributed by atoms with Gasteiger partial charge in [0.1, 0.15) is 11.4 Å². The van der Waals surface area contributed by atoms with E-state index in [1.165, 1.54) is 6.42 Å². The molecule has 0 radical (unpaired) electrons. The van der Waals surface area contributed by atoms with Crippen LogP contribution in [0.1, 0.15) is 134 Å². The molecule has 6 heteroatoms. The van der Waals surface area contributed by atoms with Crippen molar-refractivity contribution < 1.29 is 14.3 Å². The monoisotopic (exact) mass is 612 g/mol. The summed E-state index contributed by atoms with van der Waals surface area (Å²) in [5.74, 6) is 0.835. The molecule has 44 heavy (non-hydrogen) atoms. The lowest BCUT2D eigenvalue weighted by Gasteiger charge is -2.22. The summed E-state index contributed by atoms with van der Waals surface area (Å²) in [6.07, 6.45) is 8.13. The third-order valence-electron chi connectivity index (χ3n) is 7.33. The fraction of sp³-hybridized carbons (Fsp3) is 0.684. The Labute approximate surface area is 269 Å². The maximum atomic E-state index is 12.6. The molecule has 0 bridgehead atoms. The van der Waals surface area contributed by atoms with Gasteiger partial charge in [-0.1, -0.05) is 106 Å². The number of nitrogens with one attached hydrogen (secondary N) is 1. The van der Waals surface area contributed by atoms with Gasteiger partial charge in [0.2, 0.25) is 5.91 Å². The van der Waals surface area contributed by atoms with E-state index in [9.17, 15) is 9.59 Å². The molecule has 0 aliphatic carbocycles. The summed E-state index contributed by atoms with van der Waals surface area (Å²) < 4.78 is 5.97. The third-order valence-corrected chi connectivity index (χ3v) is 7.33. The molecular weight excluding hydrogens is 546 g/mol. The number of carbonyl (C=O) groups excluding carboxylic acids is 2. The first kappa shape index (κ1) is 39.6. The molecule has 0 heterocycles. The standard InChI is InChI=1S/C24H36N2O2.C14H29NO/c1-23(2,3)15-8-7-11-20(25)22(27)26-21-12-9-10-17-13-14-18(16-19(17)21)28-24(4,5)6;1-13(2,3)10-8-7-9-11(15)12(16)14(4,5)6/h9-10,12-14,16,20H,7-8,11,15,25H2,1-6H3,(H,26,27);11H,7-10,15H2,1-6H3. The minimum Gasteiger partial charge on any atom is -0.488 e. The van der Waals surface area contributed by atoms with E-state index in [4.69, 9.17) is 16.2 Å². The zero-order valence-corrected chi connectivity index (χ0v) is 30.2. The summed E-state index contributed by atoms with van der Waals surface area (Å²) in [5.41, 5.74) is 12.9. The lowest BCUT2D eigenvalue weighted by molar-refractivity contribution is -0.127. The molecule has 6 nitrogen and oxygen atoms in total. The van der Waals surface area contributed by atoms with Gasteiger partial charge in [-0.25, -0.2) is 0 Å². The number of carbonyl (C=O) groups is 2. The fourth-order valence-corrected chi connectivity index (χ4v) is 4.86. The van der Waals surface area contributed by atoms with Crippen molar-refractivity contribution in [3.05, 3.63) is 36.4 Å². The minimum atomic E-state index is -0.496. The molecule has 5 N–H and O–H groups in total. The van der Waals surface area contributed by atoms with E-state index in [0.29, 0.717) is 17.3 Å². The van der Waals surface area contributed by atoms with Crippen LogP contribution in [0.25, 0.3) is 10.8 Å². The molecule has 2 rings (SSSR count). The molecule has 0 saturated heterocycles. The Balaban J connectivity index is 0.000000517. The second kappa shape index (κ2) is 16.7. The second-order valence-electron chi connectivity index (χ2n) is 16.8. The van der Waals surface area contributed by atoms with Crippen LogP contribution in [-0.4, -0.2) is 29.4 Å². The van der Waals surface area contributed by atoms with Crippen LogP contribution in [0.3, 0.4) is 0 Å². The van der Waals surface area contributed by atoms with Crippen molar-refractivity contribution in [3.63, 3.8) is 0 Å². The van der Waals surface area contributed by atoms with Crippen LogP contribution in [0, 0.1) is 16.2 Å². The maximum absolute atomic E-state index is 12.6. The Hall–Kier alpha value is -2.44. The number of ether oxygens (including phenoxy) is 1. The highest BCUT2D eigenvalue weighted by molar-refractivity contribution is 6.04. The number of Topliss-reactive ketones (excluding diaryl/α,β-unsaturated/α-hetero) is 1. The molecule has 0 aromatic heterocycles. The fourth-order valence-electron chi connectivity index (χ4n) is 4.86. The van der Waals surface area contributed by atoms with Gasteiger partial charge in [0.25, 0.3) is 0 Å². The normalized spacial score (nSPS) is 14.0. The number of amides is 1. The lowest BCUT2D eigenvalue weighted by atomic mass is 9.84. The highest BCUT2D eigenvalue weighted by Crippen LogP contribution is 2.30. The quantitative estimate of drug-likeness (QED) is 0.207. The van der Waals surface area contributed by atoms with Crippen LogP contribution in [-0.2, 0) is 9.59 Å². The number of unbranched alkanes of at least 4 members (excludes halogenated alkanes) is 2. The molecule has 0 fully saturated rings. The van der Waals surface area contributed by atoms with Crippen LogP contribution in [0.5, 0.6) is 5.75 Å². The summed E-state index contributed by atoms with van der Waals surface area (Å²) in [7, 11) is 0. The molecule has 2 aromatic carbocycles. The summed E-state index contributed by atoms with van der Waals surface area (Å²) in [5, 5.41) is 5.02. The second-order valence-corrected chi connectivity index (χ2v) is 16.8. The molecular formula is C38H65N3O3. The van der Waals surface area contributed by atoms with E-state index in [1.54, 1.807) is 0 Å².